The van der Waals surface area contributed by atoms with Crippen molar-refractivity contribution in [3.05, 3.63) is 63.1 Å². The number of rotatable bonds is 6. The predicted octanol–water partition coefficient (Wildman–Crippen LogP) is 4.27. The van der Waals surface area contributed by atoms with Crippen molar-refractivity contribution >= 4 is 50.8 Å². The third-order valence-electron chi connectivity index (χ3n) is 5.50. The number of halogens is 2. The van der Waals surface area contributed by atoms with Crippen molar-refractivity contribution in [1.29, 1.82) is 0 Å². The number of hydrogen-bond acceptors (Lipinski definition) is 5. The Kier molecular flexibility index (Phi) is 7.82. The van der Waals surface area contributed by atoms with Gasteiger partial charge in [0.1, 0.15) is 0 Å². The summed E-state index contributed by atoms with van der Waals surface area (Å²) in [6.07, 6.45) is 1.13. The number of piperidine rings is 1. The molecule has 0 spiro atoms. The molecule has 2 aromatic carbocycles. The van der Waals surface area contributed by atoms with Gasteiger partial charge in [-0.15, -0.1) is 0 Å². The van der Waals surface area contributed by atoms with Gasteiger partial charge in [0.05, 0.1) is 24.3 Å². The number of anilines is 1. The molecule has 0 bridgehead atoms. The van der Waals surface area contributed by atoms with Crippen molar-refractivity contribution in [2.24, 2.45) is 5.92 Å². The van der Waals surface area contributed by atoms with Gasteiger partial charge < -0.3 is 10.1 Å². The van der Waals surface area contributed by atoms with Gasteiger partial charge in [-0.05, 0) is 55.2 Å². The van der Waals surface area contributed by atoms with E-state index in [1.807, 2.05) is 0 Å². The van der Waals surface area contributed by atoms with Crippen LogP contribution < -0.4 is 5.32 Å². The van der Waals surface area contributed by atoms with Crippen molar-refractivity contribution in [3.63, 3.8) is 0 Å². The van der Waals surface area contributed by atoms with Gasteiger partial charge in [-0.3, -0.25) is 4.79 Å². The summed E-state index contributed by atoms with van der Waals surface area (Å²) in [5, 5.41) is 3.55. The number of carbonyl (C=O) groups is 2. The molecule has 1 N–H and O–H groups in total. The highest BCUT2D eigenvalue weighted by Gasteiger charge is 2.33. The minimum atomic E-state index is -3.68. The Morgan fingerprint density at radius 2 is 1.97 bits per heavy atom. The maximum atomic E-state index is 13.0. The molecule has 10 heteroatoms. The highest BCUT2D eigenvalue weighted by Crippen LogP contribution is 2.27. The Bertz CT molecular complexity index is 1140. The fourth-order valence-electron chi connectivity index (χ4n) is 3.67. The molecule has 0 unspecified atom stereocenters. The van der Waals surface area contributed by atoms with Crippen LogP contribution in [0.25, 0.3) is 0 Å². The largest absolute Gasteiger partial charge is 0.465 e. The van der Waals surface area contributed by atoms with Gasteiger partial charge in [0.15, 0.2) is 0 Å². The molecule has 0 radical (unpaired) electrons. The second-order valence-electron chi connectivity index (χ2n) is 7.65. The van der Waals surface area contributed by atoms with Crippen LogP contribution in [0.4, 0.5) is 5.69 Å². The first-order valence-electron chi connectivity index (χ1n) is 10.0. The van der Waals surface area contributed by atoms with E-state index in [0.717, 1.165) is 0 Å². The number of benzene rings is 2. The third-order valence-corrected chi connectivity index (χ3v) is 7.88. The van der Waals surface area contributed by atoms with Crippen LogP contribution in [-0.2, 0) is 25.3 Å². The van der Waals surface area contributed by atoms with E-state index < -0.39 is 21.9 Å². The summed E-state index contributed by atoms with van der Waals surface area (Å²) in [5.74, 6) is -1.56. The highest BCUT2D eigenvalue weighted by molar-refractivity contribution is 7.88. The number of carbonyl (C=O) groups excluding carboxylic acids is 2. The Balaban J connectivity index is 1.71. The van der Waals surface area contributed by atoms with Crippen molar-refractivity contribution in [2.75, 3.05) is 25.5 Å². The average Bonchev–Trinajstić information content (AvgIpc) is 2.76. The first-order chi connectivity index (χ1) is 15.1. The lowest BCUT2D eigenvalue weighted by Gasteiger charge is -2.31. The molecular weight excluding hydrogens is 475 g/mol. The van der Waals surface area contributed by atoms with Gasteiger partial charge in [0.2, 0.25) is 15.9 Å². The van der Waals surface area contributed by atoms with Gasteiger partial charge in [0.25, 0.3) is 0 Å². The lowest BCUT2D eigenvalue weighted by atomic mass is 9.98. The summed E-state index contributed by atoms with van der Waals surface area (Å²) in [7, 11) is -2.38. The van der Waals surface area contributed by atoms with Gasteiger partial charge in [-0.25, -0.2) is 17.5 Å². The number of nitrogens with zero attached hydrogens (tertiary/aromatic N) is 1. The number of ether oxygens (including phenoxy) is 1. The lowest BCUT2D eigenvalue weighted by Crippen LogP contribution is -2.44. The SMILES string of the molecule is COC(=O)c1cccc(NC(=O)[C@@H]2CCCN(S(=O)(=O)Cc3ccc(Cl)cc3Cl)C2)c1C. The average molecular weight is 499 g/mol. The van der Waals surface area contributed by atoms with Crippen LogP contribution in [0.15, 0.2) is 36.4 Å². The van der Waals surface area contributed by atoms with E-state index in [9.17, 15) is 18.0 Å². The van der Waals surface area contributed by atoms with Crippen molar-refractivity contribution in [1.82, 2.24) is 4.31 Å². The van der Waals surface area contributed by atoms with E-state index >= 15 is 0 Å². The molecule has 0 aromatic heterocycles. The number of esters is 1. The normalized spacial score (nSPS) is 17.1. The lowest BCUT2D eigenvalue weighted by molar-refractivity contribution is -0.120. The van der Waals surface area contributed by atoms with Crippen LogP contribution in [0.1, 0.15) is 34.3 Å². The molecule has 0 aliphatic carbocycles. The number of amides is 1. The summed E-state index contributed by atoms with van der Waals surface area (Å²) >= 11 is 12.0. The monoisotopic (exact) mass is 498 g/mol. The molecule has 3 rings (SSSR count). The Hall–Kier alpha value is -2.13. The summed E-state index contributed by atoms with van der Waals surface area (Å²) in [6.45, 7) is 2.14. The van der Waals surface area contributed by atoms with E-state index in [0.29, 0.717) is 46.8 Å². The smallest absolute Gasteiger partial charge is 0.338 e. The zero-order chi connectivity index (χ0) is 23.5. The van der Waals surface area contributed by atoms with Crippen molar-refractivity contribution in [3.8, 4) is 0 Å². The fraction of sp³-hybridized carbons (Fsp3) is 0.364. The number of nitrogens with one attached hydrogen (secondary N) is 1. The topological polar surface area (TPSA) is 92.8 Å². The zero-order valence-electron chi connectivity index (χ0n) is 17.7. The maximum Gasteiger partial charge on any atom is 0.338 e. The van der Waals surface area contributed by atoms with Crippen LogP contribution in [0, 0.1) is 12.8 Å². The van der Waals surface area contributed by atoms with Gasteiger partial charge in [-0.1, -0.05) is 35.3 Å². The predicted molar refractivity (Wildman–Crippen MR) is 125 cm³/mol. The maximum absolute atomic E-state index is 13.0. The molecule has 172 valence electrons. The van der Waals surface area contributed by atoms with Crippen LogP contribution in [0.5, 0.6) is 0 Å². The Labute approximate surface area is 197 Å². The Morgan fingerprint density at radius 1 is 1.22 bits per heavy atom. The minimum Gasteiger partial charge on any atom is -0.465 e. The van der Waals surface area contributed by atoms with Crippen LogP contribution in [0.3, 0.4) is 0 Å². The molecule has 1 saturated heterocycles. The molecule has 1 aliphatic rings. The van der Waals surface area contributed by atoms with E-state index in [1.165, 1.54) is 17.5 Å². The molecule has 32 heavy (non-hydrogen) atoms. The summed E-state index contributed by atoms with van der Waals surface area (Å²) in [4.78, 5) is 24.8. The molecular formula is C22H24Cl2N2O5S. The zero-order valence-corrected chi connectivity index (χ0v) is 20.1. The number of methoxy groups -OCH3 is 1. The quantitative estimate of drug-likeness (QED) is 0.600. The summed E-state index contributed by atoms with van der Waals surface area (Å²) in [6, 6.07) is 9.66. The number of hydrogen-bond donors (Lipinski definition) is 1. The third kappa shape index (κ3) is 5.61. The Morgan fingerprint density at radius 3 is 2.66 bits per heavy atom. The summed E-state index contributed by atoms with van der Waals surface area (Å²) < 4.78 is 32.1. The van der Waals surface area contributed by atoms with Crippen molar-refractivity contribution < 1.29 is 22.7 Å². The molecule has 1 amide bonds. The molecule has 1 fully saturated rings. The van der Waals surface area contributed by atoms with Crippen molar-refractivity contribution in [2.45, 2.75) is 25.5 Å². The fourth-order valence-corrected chi connectivity index (χ4v) is 5.87. The van der Waals surface area contributed by atoms with E-state index in [1.54, 1.807) is 37.3 Å². The minimum absolute atomic E-state index is 0.0785. The molecule has 1 heterocycles. The van der Waals surface area contributed by atoms with Gasteiger partial charge in [-0.2, -0.15) is 0 Å². The highest BCUT2D eigenvalue weighted by atomic mass is 35.5. The molecule has 2 aromatic rings. The van der Waals surface area contributed by atoms with E-state index in [2.05, 4.69) is 5.32 Å². The van der Waals surface area contributed by atoms with Gasteiger partial charge >= 0.3 is 5.97 Å². The second kappa shape index (κ2) is 10.2. The van der Waals surface area contributed by atoms with Crippen LogP contribution >= 0.6 is 23.2 Å². The van der Waals surface area contributed by atoms with E-state index in [4.69, 9.17) is 27.9 Å². The first-order valence-corrected chi connectivity index (χ1v) is 12.4. The molecule has 1 aliphatic heterocycles. The molecule has 7 nitrogen and oxygen atoms in total. The first kappa shape index (κ1) is 24.5. The van der Waals surface area contributed by atoms with Crippen LogP contribution in [0.2, 0.25) is 10.0 Å². The van der Waals surface area contributed by atoms with Gasteiger partial charge in [0, 0.05) is 28.8 Å². The number of sulfonamides is 1. The second-order valence-corrected chi connectivity index (χ2v) is 10.5. The van der Waals surface area contributed by atoms with Crippen LogP contribution in [-0.4, -0.2) is 44.8 Å². The molecule has 1 atom stereocenters. The van der Waals surface area contributed by atoms with E-state index in [-0.39, 0.29) is 23.2 Å². The standard InChI is InChI=1S/C22H24Cl2N2O5S/c1-14-18(22(28)31-2)6-3-7-20(14)25-21(27)15-5-4-10-26(12-15)32(29,30)13-16-8-9-17(23)11-19(16)24/h3,6-9,11,15H,4-5,10,12-13H2,1-2H3,(H,25,27)/t15-/m1/s1. The summed E-state index contributed by atoms with van der Waals surface area (Å²) in [5.41, 5.74) is 1.90. The molecule has 0 saturated carbocycles.